The monoisotopic (exact) mass is 390 g/mol. The van der Waals surface area contributed by atoms with Crippen LogP contribution in [0.4, 0.5) is 4.79 Å². The lowest BCUT2D eigenvalue weighted by molar-refractivity contribution is -0.129. The van der Waals surface area contributed by atoms with Gasteiger partial charge in [0.2, 0.25) is 11.1 Å². The second kappa shape index (κ2) is 8.85. The van der Waals surface area contributed by atoms with E-state index in [1.54, 1.807) is 21.4 Å². The third-order valence-corrected chi connectivity index (χ3v) is 5.17. The third kappa shape index (κ3) is 4.57. The van der Waals surface area contributed by atoms with E-state index < -0.39 is 0 Å². The number of nitrogens with zero attached hydrogens (tertiary/aromatic N) is 6. The average Bonchev–Trinajstić information content (AvgIpc) is 3.15. The summed E-state index contributed by atoms with van der Waals surface area (Å²) >= 11 is 1.30. The Morgan fingerprint density at radius 3 is 2.56 bits per heavy atom. The highest BCUT2D eigenvalue weighted by molar-refractivity contribution is 7.99. The summed E-state index contributed by atoms with van der Waals surface area (Å²) in [4.78, 5) is 27.6. The Balaban J connectivity index is 1.55. The normalized spacial score (nSPS) is 14.3. The van der Waals surface area contributed by atoms with Crippen molar-refractivity contribution in [2.75, 3.05) is 38.5 Å². The number of benzene rings is 1. The molecule has 1 fully saturated rings. The molecule has 1 aliphatic rings. The number of hydrogen-bond donors (Lipinski definition) is 0. The van der Waals surface area contributed by atoms with Crippen molar-refractivity contribution in [3.05, 3.63) is 29.8 Å². The highest BCUT2D eigenvalue weighted by atomic mass is 32.2. The number of piperazine rings is 1. The molecule has 144 valence electrons. The van der Waals surface area contributed by atoms with Crippen LogP contribution in [-0.2, 0) is 9.53 Å². The first-order valence-electron chi connectivity index (χ1n) is 8.76. The Kier molecular flexibility index (Phi) is 6.28. The van der Waals surface area contributed by atoms with Crippen LogP contribution in [0.2, 0.25) is 0 Å². The fraction of sp³-hybridized carbons (Fsp3) is 0.471. The molecule has 10 heteroatoms. The molecule has 0 aliphatic carbocycles. The van der Waals surface area contributed by atoms with Crippen molar-refractivity contribution >= 4 is 23.8 Å². The minimum absolute atomic E-state index is 0.00263. The molecule has 9 nitrogen and oxygen atoms in total. The number of carbonyl (C=O) groups is 2. The molecule has 1 aromatic heterocycles. The lowest BCUT2D eigenvalue weighted by Crippen LogP contribution is -2.51. The quantitative estimate of drug-likeness (QED) is 0.712. The average molecular weight is 390 g/mol. The molecule has 2 heterocycles. The van der Waals surface area contributed by atoms with E-state index in [0.29, 0.717) is 37.9 Å². The number of para-hydroxylation sites is 1. The minimum Gasteiger partial charge on any atom is -0.450 e. The summed E-state index contributed by atoms with van der Waals surface area (Å²) in [6, 6.07) is 7.80. The summed E-state index contributed by atoms with van der Waals surface area (Å²) in [5.41, 5.74) is 1.94. The van der Waals surface area contributed by atoms with Crippen molar-refractivity contribution in [1.29, 1.82) is 0 Å². The molecular weight excluding hydrogens is 368 g/mol. The van der Waals surface area contributed by atoms with E-state index in [1.165, 1.54) is 11.8 Å². The largest absolute Gasteiger partial charge is 0.450 e. The fourth-order valence-corrected chi connectivity index (χ4v) is 3.58. The van der Waals surface area contributed by atoms with Crippen LogP contribution >= 0.6 is 11.8 Å². The third-order valence-electron chi connectivity index (χ3n) is 4.27. The molecule has 1 saturated heterocycles. The molecule has 27 heavy (non-hydrogen) atoms. The number of tetrazole rings is 1. The molecule has 2 aromatic rings. The minimum atomic E-state index is -0.323. The van der Waals surface area contributed by atoms with Crippen LogP contribution < -0.4 is 0 Å². The van der Waals surface area contributed by atoms with Crippen LogP contribution in [0, 0.1) is 6.92 Å². The summed E-state index contributed by atoms with van der Waals surface area (Å²) in [6.07, 6.45) is -0.323. The number of hydrogen-bond acceptors (Lipinski definition) is 7. The van der Waals surface area contributed by atoms with Gasteiger partial charge >= 0.3 is 6.09 Å². The number of aromatic nitrogens is 4. The molecular formula is C17H22N6O3S. The lowest BCUT2D eigenvalue weighted by Gasteiger charge is -2.34. The number of carbonyl (C=O) groups excluding carboxylic acids is 2. The van der Waals surface area contributed by atoms with Gasteiger partial charge in [-0.3, -0.25) is 4.79 Å². The van der Waals surface area contributed by atoms with Crippen molar-refractivity contribution in [2.24, 2.45) is 0 Å². The number of amides is 2. The van der Waals surface area contributed by atoms with Crippen molar-refractivity contribution in [2.45, 2.75) is 19.0 Å². The van der Waals surface area contributed by atoms with Crippen molar-refractivity contribution in [3.8, 4) is 5.69 Å². The fourth-order valence-electron chi connectivity index (χ4n) is 2.79. The number of rotatable bonds is 5. The number of ether oxygens (including phenoxy) is 1. The highest BCUT2D eigenvalue weighted by Crippen LogP contribution is 2.21. The summed E-state index contributed by atoms with van der Waals surface area (Å²) < 4.78 is 6.64. The maximum atomic E-state index is 12.5. The topological polar surface area (TPSA) is 93.4 Å². The van der Waals surface area contributed by atoms with Gasteiger partial charge in [-0.2, -0.15) is 4.68 Å². The zero-order valence-electron chi connectivity index (χ0n) is 15.4. The molecule has 0 atom stereocenters. The maximum absolute atomic E-state index is 12.5. The van der Waals surface area contributed by atoms with E-state index in [4.69, 9.17) is 4.74 Å². The Labute approximate surface area is 161 Å². The molecule has 1 aromatic carbocycles. The Morgan fingerprint density at radius 1 is 1.15 bits per heavy atom. The van der Waals surface area contributed by atoms with E-state index in [0.717, 1.165) is 11.3 Å². The predicted octanol–water partition coefficient (Wildman–Crippen LogP) is 1.36. The molecule has 0 radical (unpaired) electrons. The van der Waals surface area contributed by atoms with Crippen LogP contribution in [0.25, 0.3) is 5.69 Å². The first-order valence-corrected chi connectivity index (χ1v) is 9.75. The van der Waals surface area contributed by atoms with Gasteiger partial charge < -0.3 is 14.5 Å². The van der Waals surface area contributed by atoms with Gasteiger partial charge in [0.15, 0.2) is 0 Å². The van der Waals surface area contributed by atoms with Crippen molar-refractivity contribution in [3.63, 3.8) is 0 Å². The molecule has 2 amide bonds. The van der Waals surface area contributed by atoms with Gasteiger partial charge in [0.05, 0.1) is 18.0 Å². The van der Waals surface area contributed by atoms with Crippen molar-refractivity contribution < 1.29 is 14.3 Å². The van der Waals surface area contributed by atoms with E-state index in [1.807, 2.05) is 31.2 Å². The summed E-state index contributed by atoms with van der Waals surface area (Å²) in [5, 5.41) is 12.4. The van der Waals surface area contributed by atoms with Gasteiger partial charge in [-0.15, -0.1) is 5.10 Å². The zero-order chi connectivity index (χ0) is 19.2. The smallest absolute Gasteiger partial charge is 0.409 e. The van der Waals surface area contributed by atoms with Gasteiger partial charge in [0, 0.05) is 26.2 Å². The molecule has 0 unspecified atom stereocenters. The van der Waals surface area contributed by atoms with Gasteiger partial charge in [-0.25, -0.2) is 4.79 Å². The molecule has 0 N–H and O–H groups in total. The Hall–Kier alpha value is -2.62. The summed E-state index contributed by atoms with van der Waals surface area (Å²) in [5.74, 6) is 0.244. The molecule has 0 bridgehead atoms. The first-order chi connectivity index (χ1) is 13.1. The second-order valence-electron chi connectivity index (χ2n) is 6.02. The Bertz CT molecular complexity index is 803. The van der Waals surface area contributed by atoms with Crippen LogP contribution in [0.5, 0.6) is 0 Å². The molecule has 1 aliphatic heterocycles. The summed E-state index contributed by atoms with van der Waals surface area (Å²) in [7, 11) is 0. The van der Waals surface area contributed by atoms with Gasteiger partial charge in [-0.1, -0.05) is 30.0 Å². The predicted molar refractivity (Wildman–Crippen MR) is 99.8 cm³/mol. The van der Waals surface area contributed by atoms with E-state index >= 15 is 0 Å². The number of aryl methyl sites for hydroxylation is 1. The molecule has 0 saturated carbocycles. The van der Waals surface area contributed by atoms with Gasteiger partial charge in [0.1, 0.15) is 0 Å². The highest BCUT2D eigenvalue weighted by Gasteiger charge is 2.25. The van der Waals surface area contributed by atoms with Gasteiger partial charge in [0.25, 0.3) is 0 Å². The Morgan fingerprint density at radius 2 is 1.85 bits per heavy atom. The second-order valence-corrected chi connectivity index (χ2v) is 6.96. The van der Waals surface area contributed by atoms with Crippen molar-refractivity contribution in [1.82, 2.24) is 30.0 Å². The van der Waals surface area contributed by atoms with E-state index in [9.17, 15) is 9.59 Å². The SMILES string of the molecule is CCOC(=O)N1CCN(C(=O)CSc2nnnn2-c2ccccc2C)CC1. The number of thioether (sulfide) groups is 1. The lowest BCUT2D eigenvalue weighted by atomic mass is 10.2. The van der Waals surface area contributed by atoms with E-state index in [2.05, 4.69) is 15.5 Å². The first kappa shape index (κ1) is 19.2. The van der Waals surface area contributed by atoms with Crippen LogP contribution in [0.3, 0.4) is 0 Å². The van der Waals surface area contributed by atoms with Crippen LogP contribution in [-0.4, -0.2) is 80.5 Å². The standard InChI is InChI=1S/C17H22N6O3S/c1-3-26-17(25)22-10-8-21(9-11-22)15(24)12-27-16-18-19-20-23(16)14-7-5-4-6-13(14)2/h4-7H,3,8-12H2,1-2H3. The molecule has 3 rings (SSSR count). The molecule has 0 spiro atoms. The zero-order valence-corrected chi connectivity index (χ0v) is 16.2. The van der Waals surface area contributed by atoms with Gasteiger partial charge in [-0.05, 0) is 35.9 Å². The van der Waals surface area contributed by atoms with Crippen LogP contribution in [0.15, 0.2) is 29.4 Å². The van der Waals surface area contributed by atoms with Crippen LogP contribution in [0.1, 0.15) is 12.5 Å². The van der Waals surface area contributed by atoms with E-state index in [-0.39, 0.29) is 17.8 Å². The maximum Gasteiger partial charge on any atom is 0.409 e. The summed E-state index contributed by atoms with van der Waals surface area (Å²) in [6.45, 7) is 6.08.